The molecule has 0 aliphatic carbocycles. The number of nitrogens with one attached hydrogen (secondary N) is 2. The molecule has 0 radical (unpaired) electrons. The van der Waals surface area contributed by atoms with Gasteiger partial charge in [0.15, 0.2) is 0 Å². The summed E-state index contributed by atoms with van der Waals surface area (Å²) < 4.78 is 2.07. The van der Waals surface area contributed by atoms with Gasteiger partial charge in [-0.05, 0) is 51.2 Å². The standard InChI is InChI=1S/C19H27N5O3.3BrH/c1-23(14-5-8-20-9-6-14)12-17-22-15-11-13(3-4-16(15)24(17)2)19(27)21-10-7-18(25)26;;;/h3-4,11,14,20H,5-10,12H2,1-2H3,(H,21,27)(H,25,26);3*1H. The molecular formula is C19H30Br3N5O3. The normalized spacial score (nSPS) is 13.8. The van der Waals surface area contributed by atoms with Crippen LogP contribution < -0.4 is 10.6 Å². The van der Waals surface area contributed by atoms with Crippen molar-refractivity contribution in [1.82, 2.24) is 25.1 Å². The largest absolute Gasteiger partial charge is 0.481 e. The molecule has 1 aliphatic heterocycles. The van der Waals surface area contributed by atoms with Gasteiger partial charge >= 0.3 is 5.97 Å². The van der Waals surface area contributed by atoms with Crippen LogP contribution in [0.5, 0.6) is 0 Å². The van der Waals surface area contributed by atoms with Gasteiger partial charge in [-0.15, -0.1) is 50.9 Å². The van der Waals surface area contributed by atoms with Crippen LogP contribution in [0.25, 0.3) is 11.0 Å². The van der Waals surface area contributed by atoms with Crippen LogP contribution in [-0.2, 0) is 18.4 Å². The topological polar surface area (TPSA) is 99.5 Å². The van der Waals surface area contributed by atoms with Crippen molar-refractivity contribution in [1.29, 1.82) is 0 Å². The molecule has 0 saturated carbocycles. The zero-order chi connectivity index (χ0) is 19.4. The number of nitrogens with zero attached hydrogens (tertiary/aromatic N) is 3. The first-order valence-corrected chi connectivity index (χ1v) is 9.32. The predicted octanol–water partition coefficient (Wildman–Crippen LogP) is 2.70. The number of amides is 1. The number of aryl methyl sites for hydroxylation is 1. The quantitative estimate of drug-likeness (QED) is 0.443. The number of hydrogen-bond acceptors (Lipinski definition) is 5. The van der Waals surface area contributed by atoms with Crippen molar-refractivity contribution in [2.24, 2.45) is 7.05 Å². The fourth-order valence-corrected chi connectivity index (χ4v) is 3.52. The number of halogens is 3. The van der Waals surface area contributed by atoms with Crippen LogP contribution in [-0.4, -0.2) is 64.2 Å². The van der Waals surface area contributed by atoms with E-state index >= 15 is 0 Å². The van der Waals surface area contributed by atoms with Crippen LogP contribution in [0.15, 0.2) is 18.2 Å². The number of piperidine rings is 1. The molecule has 11 heteroatoms. The third-order valence-corrected chi connectivity index (χ3v) is 5.18. The molecule has 1 aliphatic rings. The Balaban J connectivity index is 0.00000280. The number of fused-ring (bicyclic) bond motifs is 1. The lowest BCUT2D eigenvalue weighted by molar-refractivity contribution is -0.136. The Hall–Kier alpha value is -1.01. The summed E-state index contributed by atoms with van der Waals surface area (Å²) in [7, 11) is 4.13. The molecule has 3 rings (SSSR count). The maximum atomic E-state index is 12.2. The first-order valence-electron chi connectivity index (χ1n) is 9.32. The molecule has 2 heterocycles. The van der Waals surface area contributed by atoms with Crippen molar-refractivity contribution < 1.29 is 14.7 Å². The molecule has 0 spiro atoms. The lowest BCUT2D eigenvalue weighted by atomic mass is 10.1. The van der Waals surface area contributed by atoms with Crippen molar-refractivity contribution in [2.75, 3.05) is 26.7 Å². The van der Waals surface area contributed by atoms with Crippen molar-refractivity contribution >= 4 is 73.9 Å². The fraction of sp³-hybridized carbons (Fsp3) is 0.526. The average Bonchev–Trinajstić information content (AvgIpc) is 2.97. The van der Waals surface area contributed by atoms with Gasteiger partial charge in [0, 0.05) is 25.2 Å². The number of aromatic nitrogens is 2. The molecule has 1 aromatic heterocycles. The Morgan fingerprint density at radius 2 is 1.93 bits per heavy atom. The molecule has 1 fully saturated rings. The van der Waals surface area contributed by atoms with E-state index in [1.807, 2.05) is 13.1 Å². The SMILES string of the molecule is Br.Br.Br.CN(Cc1nc2cc(C(=O)NCCC(=O)O)ccc2n1C)C1CCNCC1. The van der Waals surface area contributed by atoms with Crippen molar-refractivity contribution in [3.05, 3.63) is 29.6 Å². The zero-order valence-corrected chi connectivity index (χ0v) is 22.2. The van der Waals surface area contributed by atoms with E-state index < -0.39 is 5.97 Å². The Kier molecular flexibility index (Phi) is 13.0. The third-order valence-electron chi connectivity index (χ3n) is 5.18. The van der Waals surface area contributed by atoms with Crippen LogP contribution in [0.4, 0.5) is 0 Å². The molecule has 8 nitrogen and oxygen atoms in total. The minimum Gasteiger partial charge on any atom is -0.481 e. The average molecular weight is 616 g/mol. The van der Waals surface area contributed by atoms with E-state index in [9.17, 15) is 9.59 Å². The first kappa shape index (κ1) is 29.0. The van der Waals surface area contributed by atoms with Gasteiger partial charge in [-0.1, -0.05) is 0 Å². The smallest absolute Gasteiger partial charge is 0.305 e. The summed E-state index contributed by atoms with van der Waals surface area (Å²) >= 11 is 0. The van der Waals surface area contributed by atoms with Crippen LogP contribution in [0, 0.1) is 0 Å². The second-order valence-corrected chi connectivity index (χ2v) is 7.09. The van der Waals surface area contributed by atoms with E-state index in [1.165, 1.54) is 0 Å². The van der Waals surface area contributed by atoms with E-state index in [0.717, 1.165) is 49.3 Å². The van der Waals surface area contributed by atoms with E-state index in [2.05, 4.69) is 27.1 Å². The Morgan fingerprint density at radius 3 is 2.57 bits per heavy atom. The third kappa shape index (κ3) is 7.30. The van der Waals surface area contributed by atoms with Crippen LogP contribution in [0.1, 0.15) is 35.4 Å². The molecule has 0 unspecified atom stereocenters. The van der Waals surface area contributed by atoms with E-state index in [-0.39, 0.29) is 69.8 Å². The van der Waals surface area contributed by atoms with E-state index in [0.29, 0.717) is 11.6 Å². The molecule has 1 aromatic carbocycles. The highest BCUT2D eigenvalue weighted by atomic mass is 79.9. The van der Waals surface area contributed by atoms with Gasteiger partial charge in [-0.2, -0.15) is 0 Å². The number of carbonyl (C=O) groups is 2. The van der Waals surface area contributed by atoms with Crippen LogP contribution in [0.2, 0.25) is 0 Å². The summed E-state index contributed by atoms with van der Waals surface area (Å²) in [6.07, 6.45) is 2.19. The van der Waals surface area contributed by atoms with Crippen LogP contribution >= 0.6 is 50.9 Å². The number of aliphatic carboxylic acids is 1. The van der Waals surface area contributed by atoms with Gasteiger partial charge in [-0.3, -0.25) is 14.5 Å². The van der Waals surface area contributed by atoms with Gasteiger partial charge in [0.2, 0.25) is 0 Å². The van der Waals surface area contributed by atoms with E-state index in [1.54, 1.807) is 12.1 Å². The van der Waals surface area contributed by atoms with Gasteiger partial charge < -0.3 is 20.3 Å². The fourth-order valence-electron chi connectivity index (χ4n) is 3.52. The summed E-state index contributed by atoms with van der Waals surface area (Å²) in [6.45, 7) is 2.98. The lowest BCUT2D eigenvalue weighted by Crippen LogP contribution is -2.41. The number of carboxylic acid groups (broad SMARTS) is 1. The molecule has 170 valence electrons. The lowest BCUT2D eigenvalue weighted by Gasteiger charge is -2.31. The summed E-state index contributed by atoms with van der Waals surface area (Å²) in [6, 6.07) is 5.96. The summed E-state index contributed by atoms with van der Waals surface area (Å²) in [5, 5.41) is 14.7. The van der Waals surface area contributed by atoms with Gasteiger partial charge in [0.25, 0.3) is 5.91 Å². The summed E-state index contributed by atoms with van der Waals surface area (Å²) in [5.74, 6) is -0.246. The molecule has 2 aromatic rings. The van der Waals surface area contributed by atoms with Crippen molar-refractivity contribution in [2.45, 2.75) is 31.8 Å². The van der Waals surface area contributed by atoms with E-state index in [4.69, 9.17) is 10.1 Å². The Labute approximate surface area is 208 Å². The molecule has 1 amide bonds. The Bertz CT molecular complexity index is 840. The summed E-state index contributed by atoms with van der Waals surface area (Å²) in [4.78, 5) is 29.8. The zero-order valence-electron chi connectivity index (χ0n) is 17.1. The molecule has 0 bridgehead atoms. The van der Waals surface area contributed by atoms with Crippen LogP contribution in [0.3, 0.4) is 0 Å². The molecule has 30 heavy (non-hydrogen) atoms. The number of imidazole rings is 1. The van der Waals surface area contributed by atoms with Crippen molar-refractivity contribution in [3.63, 3.8) is 0 Å². The molecule has 1 saturated heterocycles. The van der Waals surface area contributed by atoms with Crippen molar-refractivity contribution in [3.8, 4) is 0 Å². The molecule has 0 atom stereocenters. The minimum atomic E-state index is -0.932. The predicted molar refractivity (Wildman–Crippen MR) is 134 cm³/mol. The molecular weight excluding hydrogens is 586 g/mol. The highest BCUT2D eigenvalue weighted by Crippen LogP contribution is 2.19. The molecule has 3 N–H and O–H groups in total. The van der Waals surface area contributed by atoms with Gasteiger partial charge in [0.05, 0.1) is 24.0 Å². The number of hydrogen-bond donors (Lipinski definition) is 3. The number of carboxylic acids is 1. The highest BCUT2D eigenvalue weighted by Gasteiger charge is 2.20. The van der Waals surface area contributed by atoms with Gasteiger partial charge in [0.1, 0.15) is 5.82 Å². The van der Waals surface area contributed by atoms with Gasteiger partial charge in [-0.25, -0.2) is 4.98 Å². The Morgan fingerprint density at radius 1 is 1.27 bits per heavy atom. The maximum Gasteiger partial charge on any atom is 0.305 e. The number of benzene rings is 1. The maximum absolute atomic E-state index is 12.2. The highest BCUT2D eigenvalue weighted by molar-refractivity contribution is 8.93. The second kappa shape index (κ2) is 13.4. The number of rotatable bonds is 7. The summed E-state index contributed by atoms with van der Waals surface area (Å²) in [5.41, 5.74) is 2.24. The first-order chi connectivity index (χ1) is 13.0. The minimum absolute atomic E-state index is 0. The second-order valence-electron chi connectivity index (χ2n) is 7.09. The number of carbonyl (C=O) groups excluding carboxylic acids is 1. The monoisotopic (exact) mass is 613 g/mol.